The van der Waals surface area contributed by atoms with Crippen LogP contribution in [0.5, 0.6) is 5.75 Å². The van der Waals surface area contributed by atoms with E-state index in [4.69, 9.17) is 5.73 Å². The van der Waals surface area contributed by atoms with Gasteiger partial charge >= 0.3 is 6.11 Å². The molecule has 3 aromatic rings. The Morgan fingerprint density at radius 3 is 2.09 bits per heavy atom. The number of hydrogen-bond donors (Lipinski definition) is 1. The summed E-state index contributed by atoms with van der Waals surface area (Å²) in [4.78, 5) is 0. The molecule has 0 aromatic heterocycles. The van der Waals surface area contributed by atoms with E-state index in [0.717, 1.165) is 18.1 Å². The fourth-order valence-electron chi connectivity index (χ4n) is 3.64. The van der Waals surface area contributed by atoms with Crippen LogP contribution >= 0.6 is 0 Å². The van der Waals surface area contributed by atoms with E-state index in [-0.39, 0.29) is 28.8 Å². The van der Waals surface area contributed by atoms with Gasteiger partial charge in [0.2, 0.25) is 5.95 Å². The van der Waals surface area contributed by atoms with E-state index in [1.165, 1.54) is 24.3 Å². The Labute approximate surface area is 247 Å². The van der Waals surface area contributed by atoms with Crippen LogP contribution in [0.25, 0.3) is 0 Å². The standard InChI is InChI=1S/C33H22F9NO/c1-2-3-4-7-20-10-14-23(27(36)16-20)15-12-21-11-13-22(26(35)17-21)8-5-6-9-25(34)30(32(40)43)33(41,42)44-24-18-28(37)31(39)29(38)19-24/h2-3,9-11,13-14,16-19H,4,6-7,43H2,1H3/b3-2+,25-9+,32-30+. The van der Waals surface area contributed by atoms with Crippen LogP contribution in [0.4, 0.5) is 39.5 Å². The SMILES string of the molecule is C/C=C/CCc1ccc(C#Cc2ccc(C#CC/C=C(F)\C(=C(/N)F)C(F)(F)Oc3cc(F)c(F)c(F)c3)c(F)c2)c(F)c1. The largest absolute Gasteiger partial charge is 0.433 e. The third-order valence-corrected chi connectivity index (χ3v) is 5.76. The zero-order chi connectivity index (χ0) is 32.4. The van der Waals surface area contributed by atoms with Gasteiger partial charge in [0.1, 0.15) is 23.2 Å². The van der Waals surface area contributed by atoms with Crippen molar-refractivity contribution in [2.24, 2.45) is 5.73 Å². The van der Waals surface area contributed by atoms with Crippen LogP contribution in [0, 0.1) is 52.8 Å². The van der Waals surface area contributed by atoms with E-state index >= 15 is 0 Å². The molecule has 0 aliphatic heterocycles. The number of allylic oxidation sites excluding steroid dienone is 3. The first-order chi connectivity index (χ1) is 20.8. The van der Waals surface area contributed by atoms with Crippen molar-refractivity contribution in [1.29, 1.82) is 0 Å². The lowest BCUT2D eigenvalue weighted by molar-refractivity contribution is -0.143. The average Bonchev–Trinajstić information content (AvgIpc) is 2.94. The number of halogens is 9. The van der Waals surface area contributed by atoms with Crippen molar-refractivity contribution in [2.75, 3.05) is 0 Å². The number of benzene rings is 3. The molecule has 228 valence electrons. The van der Waals surface area contributed by atoms with Crippen LogP contribution in [0.2, 0.25) is 0 Å². The molecule has 0 aliphatic rings. The van der Waals surface area contributed by atoms with Gasteiger partial charge in [0.25, 0.3) is 0 Å². The zero-order valence-electron chi connectivity index (χ0n) is 22.9. The predicted molar refractivity (Wildman–Crippen MR) is 147 cm³/mol. The molecule has 2 nitrogen and oxygen atoms in total. The maximum atomic E-state index is 14.5. The molecule has 44 heavy (non-hydrogen) atoms. The second kappa shape index (κ2) is 14.9. The molecule has 0 atom stereocenters. The molecule has 0 fully saturated rings. The van der Waals surface area contributed by atoms with Crippen LogP contribution in [-0.4, -0.2) is 6.11 Å². The van der Waals surface area contributed by atoms with E-state index in [1.54, 1.807) is 6.07 Å². The van der Waals surface area contributed by atoms with Crippen molar-refractivity contribution in [3.63, 3.8) is 0 Å². The second-order valence-corrected chi connectivity index (χ2v) is 8.97. The van der Waals surface area contributed by atoms with Crippen LogP contribution in [0.3, 0.4) is 0 Å². The second-order valence-electron chi connectivity index (χ2n) is 8.97. The Hall–Kier alpha value is -5.03. The van der Waals surface area contributed by atoms with Crippen molar-refractivity contribution in [1.82, 2.24) is 0 Å². The number of alkyl halides is 2. The highest BCUT2D eigenvalue weighted by molar-refractivity contribution is 5.47. The third kappa shape index (κ3) is 8.98. The number of ether oxygens (including phenoxy) is 1. The molecule has 11 heteroatoms. The van der Waals surface area contributed by atoms with E-state index in [9.17, 15) is 39.5 Å². The van der Waals surface area contributed by atoms with Gasteiger partial charge in [-0.3, -0.25) is 0 Å². The summed E-state index contributed by atoms with van der Waals surface area (Å²) in [5.41, 5.74) is 3.57. The van der Waals surface area contributed by atoms with Crippen molar-refractivity contribution >= 4 is 0 Å². The Morgan fingerprint density at radius 1 is 0.841 bits per heavy atom. The van der Waals surface area contributed by atoms with Crippen LogP contribution in [0.15, 0.2) is 84.1 Å². The molecule has 2 N–H and O–H groups in total. The van der Waals surface area contributed by atoms with Gasteiger partial charge in [0.15, 0.2) is 23.0 Å². The van der Waals surface area contributed by atoms with Crippen molar-refractivity contribution in [3.8, 4) is 29.4 Å². The van der Waals surface area contributed by atoms with Crippen LogP contribution in [0.1, 0.15) is 42.0 Å². The van der Waals surface area contributed by atoms with E-state index in [0.29, 0.717) is 12.5 Å². The first kappa shape index (κ1) is 33.5. The summed E-state index contributed by atoms with van der Waals surface area (Å²) in [7, 11) is 0. The molecule has 0 saturated heterocycles. The first-order valence-electron chi connectivity index (χ1n) is 12.8. The number of rotatable bonds is 8. The highest BCUT2D eigenvalue weighted by Gasteiger charge is 2.43. The van der Waals surface area contributed by atoms with E-state index in [2.05, 4.69) is 28.4 Å². The van der Waals surface area contributed by atoms with Gasteiger partial charge in [-0.05, 0) is 61.7 Å². The molecule has 0 bridgehead atoms. The minimum absolute atomic E-state index is 0.0415. The molecule has 0 aliphatic carbocycles. The fourth-order valence-corrected chi connectivity index (χ4v) is 3.64. The van der Waals surface area contributed by atoms with Crippen molar-refractivity contribution in [2.45, 2.75) is 32.3 Å². The molecule has 0 saturated carbocycles. The van der Waals surface area contributed by atoms with Gasteiger partial charge in [0.05, 0.1) is 11.1 Å². The minimum atomic E-state index is -4.89. The highest BCUT2D eigenvalue weighted by Crippen LogP contribution is 2.36. The summed E-state index contributed by atoms with van der Waals surface area (Å²) in [5.74, 6) is -2.63. The lowest BCUT2D eigenvalue weighted by atomic mass is 10.1. The number of nitrogens with two attached hydrogens (primary N) is 1. The molecular weight excluding hydrogens is 597 g/mol. The lowest BCUT2D eigenvalue weighted by Crippen LogP contribution is -2.30. The highest BCUT2D eigenvalue weighted by atomic mass is 19.3. The first-order valence-corrected chi connectivity index (χ1v) is 12.8. The molecule has 0 radical (unpaired) electrons. The molecule has 0 heterocycles. The molecule has 0 unspecified atom stereocenters. The monoisotopic (exact) mass is 619 g/mol. The molecular formula is C33H22F9NO. The quantitative estimate of drug-likeness (QED) is 0.0684. The topological polar surface area (TPSA) is 35.2 Å². The van der Waals surface area contributed by atoms with Gasteiger partial charge < -0.3 is 10.5 Å². The van der Waals surface area contributed by atoms with Crippen LogP contribution in [-0.2, 0) is 6.42 Å². The normalized spacial score (nSPS) is 12.3. The van der Waals surface area contributed by atoms with Gasteiger partial charge in [-0.2, -0.15) is 13.2 Å². The summed E-state index contributed by atoms with van der Waals surface area (Å²) in [5, 5.41) is 0. The maximum absolute atomic E-state index is 14.5. The summed E-state index contributed by atoms with van der Waals surface area (Å²) >= 11 is 0. The maximum Gasteiger partial charge on any atom is 0.433 e. The van der Waals surface area contributed by atoms with Crippen molar-refractivity contribution < 1.29 is 44.3 Å². The molecule has 3 aromatic carbocycles. The zero-order valence-corrected chi connectivity index (χ0v) is 22.9. The van der Waals surface area contributed by atoms with Crippen molar-refractivity contribution in [3.05, 3.63) is 135 Å². The Balaban J connectivity index is 1.70. The lowest BCUT2D eigenvalue weighted by Gasteiger charge is -2.20. The van der Waals surface area contributed by atoms with E-state index in [1.807, 2.05) is 19.1 Å². The summed E-state index contributed by atoms with van der Waals surface area (Å²) in [6.07, 6.45) is 0.158. The smallest absolute Gasteiger partial charge is 0.428 e. The summed E-state index contributed by atoms with van der Waals surface area (Å²) < 4.78 is 130. The molecule has 3 rings (SSSR count). The Morgan fingerprint density at radius 2 is 1.48 bits per heavy atom. The summed E-state index contributed by atoms with van der Waals surface area (Å²) in [6, 6.07) is 8.39. The Kier molecular flexibility index (Phi) is 11.4. The van der Waals surface area contributed by atoms with Gasteiger partial charge in [-0.25, -0.2) is 26.3 Å². The molecule has 0 spiro atoms. The van der Waals surface area contributed by atoms with E-state index < -0.39 is 64.7 Å². The van der Waals surface area contributed by atoms with Gasteiger partial charge in [0, 0.05) is 24.1 Å². The average molecular weight is 620 g/mol. The fraction of sp³-hybridized carbons (Fsp3) is 0.152. The van der Waals surface area contributed by atoms with Gasteiger partial charge in [-0.15, -0.1) is 0 Å². The summed E-state index contributed by atoms with van der Waals surface area (Å²) in [6.45, 7) is 1.89. The Bertz CT molecular complexity index is 1730. The third-order valence-electron chi connectivity index (χ3n) is 5.76. The van der Waals surface area contributed by atoms with Gasteiger partial charge in [-0.1, -0.05) is 41.9 Å². The van der Waals surface area contributed by atoms with Crippen LogP contribution < -0.4 is 10.5 Å². The minimum Gasteiger partial charge on any atom is -0.428 e. The number of hydrogen-bond acceptors (Lipinski definition) is 2. The molecule has 0 amide bonds. The number of aryl methyl sites for hydroxylation is 1. The predicted octanol–water partition coefficient (Wildman–Crippen LogP) is 8.70.